The second-order valence-electron chi connectivity index (χ2n) is 7.16. The number of benzene rings is 1. The van der Waals surface area contributed by atoms with Crippen LogP contribution >= 0.6 is 0 Å². The summed E-state index contributed by atoms with van der Waals surface area (Å²) in [6.07, 6.45) is 6.02. The predicted molar refractivity (Wildman–Crippen MR) is 107 cm³/mol. The Morgan fingerprint density at radius 3 is 2.59 bits per heavy atom. The number of sulfone groups is 1. The summed E-state index contributed by atoms with van der Waals surface area (Å²) >= 11 is 0. The van der Waals surface area contributed by atoms with E-state index in [1.807, 2.05) is 24.5 Å². The van der Waals surface area contributed by atoms with Crippen LogP contribution in [0.15, 0.2) is 53.7 Å². The third kappa shape index (κ3) is 3.79. The standard InChI is InChI=1S/C20H22N4O2S/c1-24-10-8-15(13-24)20-18-11-19(22-12-14(18)7-9-21-20)23-16-3-5-17(6-4-16)27(2,25)26/h3-7,9,11-12,15H,8,10,13H2,1-2H3,(H,22,23). The van der Waals surface area contributed by atoms with Crippen LogP contribution in [-0.4, -0.2) is 49.7 Å². The Bertz CT molecular complexity index is 1080. The molecule has 1 N–H and O–H groups in total. The number of rotatable bonds is 4. The fourth-order valence-corrected chi connectivity index (χ4v) is 4.20. The lowest BCUT2D eigenvalue weighted by molar-refractivity contribution is 0.411. The molecule has 1 atom stereocenters. The Hall–Kier alpha value is -2.51. The van der Waals surface area contributed by atoms with E-state index >= 15 is 0 Å². The molecule has 0 spiro atoms. The van der Waals surface area contributed by atoms with Gasteiger partial charge in [-0.2, -0.15) is 0 Å². The third-order valence-corrected chi connectivity index (χ3v) is 6.14. The molecule has 1 aromatic carbocycles. The average molecular weight is 382 g/mol. The molecule has 2 aromatic heterocycles. The summed E-state index contributed by atoms with van der Waals surface area (Å²) in [7, 11) is -1.06. The van der Waals surface area contributed by atoms with E-state index in [0.29, 0.717) is 10.8 Å². The molecular formula is C20H22N4O2S. The molecule has 0 bridgehead atoms. The summed E-state index contributed by atoms with van der Waals surface area (Å²) in [5, 5.41) is 5.45. The molecule has 3 heterocycles. The molecule has 0 amide bonds. The first-order valence-corrected chi connectivity index (χ1v) is 10.8. The monoisotopic (exact) mass is 382 g/mol. The fraction of sp³-hybridized carbons (Fsp3) is 0.300. The van der Waals surface area contributed by atoms with Gasteiger partial charge < -0.3 is 10.2 Å². The van der Waals surface area contributed by atoms with Gasteiger partial charge >= 0.3 is 0 Å². The highest BCUT2D eigenvalue weighted by Crippen LogP contribution is 2.31. The summed E-state index contributed by atoms with van der Waals surface area (Å²) in [5.41, 5.74) is 1.91. The Morgan fingerprint density at radius 2 is 1.93 bits per heavy atom. The van der Waals surface area contributed by atoms with Crippen LogP contribution in [0.25, 0.3) is 10.8 Å². The van der Waals surface area contributed by atoms with E-state index in [1.54, 1.807) is 24.3 Å². The van der Waals surface area contributed by atoms with Crippen LogP contribution in [0.2, 0.25) is 0 Å². The van der Waals surface area contributed by atoms with Crippen molar-refractivity contribution in [1.82, 2.24) is 14.9 Å². The first-order chi connectivity index (χ1) is 12.9. The number of pyridine rings is 2. The zero-order valence-corrected chi connectivity index (χ0v) is 16.2. The van der Waals surface area contributed by atoms with E-state index in [4.69, 9.17) is 0 Å². The minimum absolute atomic E-state index is 0.302. The van der Waals surface area contributed by atoms with E-state index in [9.17, 15) is 8.42 Å². The third-order valence-electron chi connectivity index (χ3n) is 5.01. The Balaban J connectivity index is 1.65. The van der Waals surface area contributed by atoms with E-state index in [2.05, 4.69) is 27.2 Å². The van der Waals surface area contributed by atoms with Gasteiger partial charge in [-0.1, -0.05) is 0 Å². The fourth-order valence-electron chi connectivity index (χ4n) is 3.57. The maximum absolute atomic E-state index is 11.6. The summed E-state index contributed by atoms with van der Waals surface area (Å²) in [6, 6.07) is 10.7. The quantitative estimate of drug-likeness (QED) is 0.747. The topological polar surface area (TPSA) is 75.2 Å². The van der Waals surface area contributed by atoms with Gasteiger partial charge in [0.05, 0.1) is 10.6 Å². The number of hydrogen-bond acceptors (Lipinski definition) is 6. The largest absolute Gasteiger partial charge is 0.340 e. The molecule has 7 heteroatoms. The van der Waals surface area contributed by atoms with Crippen LogP contribution in [0, 0.1) is 0 Å². The maximum atomic E-state index is 11.6. The van der Waals surface area contributed by atoms with Crippen molar-refractivity contribution in [2.75, 3.05) is 31.7 Å². The van der Waals surface area contributed by atoms with Gasteiger partial charge in [0.2, 0.25) is 0 Å². The molecule has 0 aliphatic carbocycles. The first kappa shape index (κ1) is 17.9. The van der Waals surface area contributed by atoms with Crippen molar-refractivity contribution < 1.29 is 8.42 Å². The minimum atomic E-state index is -3.20. The van der Waals surface area contributed by atoms with Gasteiger partial charge in [0.25, 0.3) is 0 Å². The highest BCUT2D eigenvalue weighted by molar-refractivity contribution is 7.90. The van der Waals surface area contributed by atoms with Crippen molar-refractivity contribution in [3.63, 3.8) is 0 Å². The normalized spacial score (nSPS) is 18.1. The molecule has 4 rings (SSSR count). The number of nitrogens with one attached hydrogen (secondary N) is 1. The second kappa shape index (κ2) is 6.90. The molecule has 1 unspecified atom stereocenters. The number of anilines is 2. The second-order valence-corrected chi connectivity index (χ2v) is 9.17. The molecule has 1 aliphatic rings. The summed E-state index contributed by atoms with van der Waals surface area (Å²) in [6.45, 7) is 2.11. The smallest absolute Gasteiger partial charge is 0.175 e. The number of hydrogen-bond donors (Lipinski definition) is 1. The first-order valence-electron chi connectivity index (χ1n) is 8.90. The van der Waals surface area contributed by atoms with Crippen molar-refractivity contribution >= 4 is 32.1 Å². The Labute approximate surface area is 159 Å². The van der Waals surface area contributed by atoms with Crippen molar-refractivity contribution in [2.45, 2.75) is 17.2 Å². The van der Waals surface area contributed by atoms with E-state index in [1.165, 1.54) is 6.26 Å². The van der Waals surface area contributed by atoms with Gasteiger partial charge in [0.1, 0.15) is 5.82 Å². The lowest BCUT2D eigenvalue weighted by Crippen LogP contribution is -2.14. The van der Waals surface area contributed by atoms with Crippen LogP contribution < -0.4 is 5.32 Å². The number of likely N-dealkylation sites (tertiary alicyclic amines) is 1. The molecule has 140 valence electrons. The molecule has 0 saturated carbocycles. The van der Waals surface area contributed by atoms with Gasteiger partial charge in [0.15, 0.2) is 9.84 Å². The highest BCUT2D eigenvalue weighted by atomic mass is 32.2. The van der Waals surface area contributed by atoms with Crippen molar-refractivity contribution in [2.24, 2.45) is 0 Å². The lowest BCUT2D eigenvalue weighted by atomic mass is 9.99. The maximum Gasteiger partial charge on any atom is 0.175 e. The van der Waals surface area contributed by atoms with Gasteiger partial charge in [0, 0.05) is 47.6 Å². The van der Waals surface area contributed by atoms with Crippen molar-refractivity contribution in [1.29, 1.82) is 0 Å². The summed E-state index contributed by atoms with van der Waals surface area (Å²) < 4.78 is 23.2. The predicted octanol–water partition coefficient (Wildman–Crippen LogP) is 3.20. The van der Waals surface area contributed by atoms with Gasteiger partial charge in [-0.25, -0.2) is 13.4 Å². The van der Waals surface area contributed by atoms with E-state index < -0.39 is 9.84 Å². The molecule has 1 aliphatic heterocycles. The zero-order chi connectivity index (χ0) is 19.0. The number of likely N-dealkylation sites (N-methyl/N-ethyl adjacent to an activating group) is 1. The van der Waals surface area contributed by atoms with Gasteiger partial charge in [-0.05, 0) is 56.4 Å². The Kier molecular flexibility index (Phi) is 4.57. The SMILES string of the molecule is CN1CCC(c2nccc3cnc(Nc4ccc(S(C)(=O)=O)cc4)cc23)C1. The van der Waals surface area contributed by atoms with Gasteiger partial charge in [-0.3, -0.25) is 4.98 Å². The molecular weight excluding hydrogens is 360 g/mol. The van der Waals surface area contributed by atoms with Crippen LogP contribution in [0.5, 0.6) is 0 Å². The summed E-state index contributed by atoms with van der Waals surface area (Å²) in [4.78, 5) is 11.8. The molecule has 6 nitrogen and oxygen atoms in total. The summed E-state index contributed by atoms with van der Waals surface area (Å²) in [5.74, 6) is 1.15. The van der Waals surface area contributed by atoms with Crippen LogP contribution in [-0.2, 0) is 9.84 Å². The van der Waals surface area contributed by atoms with Crippen LogP contribution in [0.4, 0.5) is 11.5 Å². The molecule has 1 saturated heterocycles. The molecule has 0 radical (unpaired) electrons. The van der Waals surface area contributed by atoms with Crippen LogP contribution in [0.1, 0.15) is 18.0 Å². The number of aromatic nitrogens is 2. The van der Waals surface area contributed by atoms with Crippen molar-refractivity contribution in [3.05, 3.63) is 54.5 Å². The lowest BCUT2D eigenvalue weighted by Gasteiger charge is -2.14. The molecule has 27 heavy (non-hydrogen) atoms. The van der Waals surface area contributed by atoms with Crippen LogP contribution in [0.3, 0.4) is 0 Å². The molecule has 1 fully saturated rings. The highest BCUT2D eigenvalue weighted by Gasteiger charge is 2.24. The van der Waals surface area contributed by atoms with E-state index in [-0.39, 0.29) is 0 Å². The minimum Gasteiger partial charge on any atom is -0.340 e. The number of nitrogens with zero attached hydrogens (tertiary/aromatic N) is 3. The Morgan fingerprint density at radius 1 is 1.15 bits per heavy atom. The van der Waals surface area contributed by atoms with Crippen molar-refractivity contribution in [3.8, 4) is 0 Å². The van der Waals surface area contributed by atoms with Gasteiger partial charge in [-0.15, -0.1) is 0 Å². The average Bonchev–Trinajstić information content (AvgIpc) is 3.07. The number of fused-ring (bicyclic) bond motifs is 1. The molecule has 3 aromatic rings. The zero-order valence-electron chi connectivity index (χ0n) is 15.4. The van der Waals surface area contributed by atoms with E-state index in [0.717, 1.165) is 47.5 Å².